The molecular formula is C17H22O4. The molecule has 0 fully saturated rings. The molecule has 2 N–H and O–H groups in total. The fraction of sp³-hybridized carbons (Fsp3) is 0.353. The quantitative estimate of drug-likeness (QED) is 0.777. The summed E-state index contributed by atoms with van der Waals surface area (Å²) in [7, 11) is 0. The van der Waals surface area contributed by atoms with Crippen LogP contribution in [0.1, 0.15) is 38.1 Å². The van der Waals surface area contributed by atoms with Crippen molar-refractivity contribution in [2.24, 2.45) is 5.92 Å². The molecule has 114 valence electrons. The minimum Gasteiger partial charge on any atom is -0.504 e. The predicted molar refractivity (Wildman–Crippen MR) is 82.9 cm³/mol. The number of hydrogen-bond donors (Lipinski definition) is 2. The Hall–Kier alpha value is -2.23. The second-order valence-electron chi connectivity index (χ2n) is 5.16. The summed E-state index contributed by atoms with van der Waals surface area (Å²) in [5.74, 6) is -0.599. The van der Waals surface area contributed by atoms with Gasteiger partial charge in [0.1, 0.15) is 6.10 Å². The van der Waals surface area contributed by atoms with Crippen LogP contribution in [0.25, 0.3) is 0 Å². The molecular weight excluding hydrogens is 268 g/mol. The van der Waals surface area contributed by atoms with Crippen LogP contribution in [0.5, 0.6) is 11.5 Å². The second-order valence-corrected chi connectivity index (χ2v) is 5.16. The van der Waals surface area contributed by atoms with E-state index in [1.54, 1.807) is 0 Å². The number of hydrogen-bond acceptors (Lipinski definition) is 3. The first-order chi connectivity index (χ1) is 9.85. The Morgan fingerprint density at radius 1 is 1.33 bits per heavy atom. The van der Waals surface area contributed by atoms with Crippen LogP contribution in [0.15, 0.2) is 42.0 Å². The van der Waals surface area contributed by atoms with E-state index in [-0.39, 0.29) is 23.2 Å². The molecule has 1 atom stereocenters. The van der Waals surface area contributed by atoms with Crippen LogP contribution in [0, 0.1) is 5.92 Å². The maximum Gasteiger partial charge on any atom is 0.335 e. The molecule has 0 aliphatic heterocycles. The van der Waals surface area contributed by atoms with Crippen LogP contribution in [-0.2, 0) is 0 Å². The largest absolute Gasteiger partial charge is 0.504 e. The molecule has 1 aromatic carbocycles. The number of allylic oxidation sites excluding steroid dienone is 2. The highest BCUT2D eigenvalue weighted by molar-refractivity contribution is 5.88. The van der Waals surface area contributed by atoms with E-state index in [9.17, 15) is 9.90 Å². The Labute approximate surface area is 125 Å². The average molecular weight is 290 g/mol. The summed E-state index contributed by atoms with van der Waals surface area (Å²) < 4.78 is 5.74. The third kappa shape index (κ3) is 4.99. The van der Waals surface area contributed by atoms with E-state index in [1.807, 2.05) is 32.1 Å². The highest BCUT2D eigenvalue weighted by atomic mass is 16.5. The summed E-state index contributed by atoms with van der Waals surface area (Å²) >= 11 is 0. The zero-order chi connectivity index (χ0) is 16.0. The Morgan fingerprint density at radius 3 is 2.48 bits per heavy atom. The van der Waals surface area contributed by atoms with Crippen LogP contribution in [0.2, 0.25) is 0 Å². The molecule has 0 heterocycles. The molecule has 4 heteroatoms. The normalized spacial score (nSPS) is 13.7. The van der Waals surface area contributed by atoms with Crippen LogP contribution in [0.4, 0.5) is 0 Å². The smallest absolute Gasteiger partial charge is 0.335 e. The summed E-state index contributed by atoms with van der Waals surface area (Å²) in [5.41, 5.74) is 1.20. The van der Waals surface area contributed by atoms with Crippen molar-refractivity contribution in [2.75, 3.05) is 0 Å². The van der Waals surface area contributed by atoms with Crippen molar-refractivity contribution in [1.82, 2.24) is 0 Å². The molecule has 0 saturated heterocycles. The minimum absolute atomic E-state index is 0.0244. The van der Waals surface area contributed by atoms with Gasteiger partial charge in [-0.25, -0.2) is 4.79 Å². The Morgan fingerprint density at radius 2 is 2.00 bits per heavy atom. The van der Waals surface area contributed by atoms with Gasteiger partial charge >= 0.3 is 5.97 Å². The van der Waals surface area contributed by atoms with Gasteiger partial charge in [0, 0.05) is 0 Å². The van der Waals surface area contributed by atoms with Crippen LogP contribution >= 0.6 is 0 Å². The molecule has 1 unspecified atom stereocenters. The number of phenols is 1. The molecule has 4 nitrogen and oxygen atoms in total. The zero-order valence-electron chi connectivity index (χ0n) is 12.8. The number of carboxylic acid groups (broad SMARTS) is 1. The molecule has 0 bridgehead atoms. The number of phenolic OH excluding ortho intramolecular Hbond substituents is 1. The van der Waals surface area contributed by atoms with E-state index in [4.69, 9.17) is 9.84 Å². The zero-order valence-corrected chi connectivity index (χ0v) is 12.8. The van der Waals surface area contributed by atoms with Crippen molar-refractivity contribution in [3.63, 3.8) is 0 Å². The lowest BCUT2D eigenvalue weighted by Gasteiger charge is -2.16. The number of benzene rings is 1. The minimum atomic E-state index is -1.09. The van der Waals surface area contributed by atoms with Gasteiger partial charge in [0.05, 0.1) is 5.56 Å². The monoisotopic (exact) mass is 290 g/mol. The van der Waals surface area contributed by atoms with Gasteiger partial charge in [0.25, 0.3) is 0 Å². The van der Waals surface area contributed by atoms with Gasteiger partial charge in [0.15, 0.2) is 11.5 Å². The number of carboxylic acids is 1. The Kier molecular flexibility index (Phi) is 6.03. The van der Waals surface area contributed by atoms with Gasteiger partial charge in [-0.1, -0.05) is 25.5 Å². The number of aromatic hydroxyl groups is 1. The summed E-state index contributed by atoms with van der Waals surface area (Å²) in [6.45, 7) is 8.11. The predicted octanol–water partition coefficient (Wildman–Crippen LogP) is 4.02. The summed E-state index contributed by atoms with van der Waals surface area (Å²) in [6.07, 6.45) is 5.42. The van der Waals surface area contributed by atoms with E-state index in [0.29, 0.717) is 5.92 Å². The molecule has 0 aliphatic carbocycles. The maximum absolute atomic E-state index is 10.8. The van der Waals surface area contributed by atoms with Gasteiger partial charge in [-0.15, -0.1) is 0 Å². The van der Waals surface area contributed by atoms with E-state index in [2.05, 4.69) is 13.8 Å². The fourth-order valence-electron chi connectivity index (χ4n) is 1.67. The molecule has 0 aliphatic rings. The van der Waals surface area contributed by atoms with E-state index < -0.39 is 5.97 Å². The van der Waals surface area contributed by atoms with Crippen molar-refractivity contribution in [2.45, 2.75) is 33.8 Å². The first-order valence-electron chi connectivity index (χ1n) is 6.89. The van der Waals surface area contributed by atoms with Gasteiger partial charge in [0.2, 0.25) is 0 Å². The molecule has 0 amide bonds. The number of ether oxygens (including phenoxy) is 1. The lowest BCUT2D eigenvalue weighted by molar-refractivity contribution is 0.0696. The highest BCUT2D eigenvalue weighted by Crippen LogP contribution is 2.28. The van der Waals surface area contributed by atoms with Gasteiger partial charge in [-0.3, -0.25) is 0 Å². The Bertz CT molecular complexity index is 556. The van der Waals surface area contributed by atoms with Gasteiger partial charge in [-0.2, -0.15) is 0 Å². The van der Waals surface area contributed by atoms with E-state index in [0.717, 1.165) is 0 Å². The summed E-state index contributed by atoms with van der Waals surface area (Å²) in [5, 5.41) is 18.7. The van der Waals surface area contributed by atoms with Crippen LogP contribution in [-0.4, -0.2) is 22.3 Å². The van der Waals surface area contributed by atoms with Crippen LogP contribution < -0.4 is 4.74 Å². The summed E-state index contributed by atoms with van der Waals surface area (Å²) in [4.78, 5) is 10.8. The summed E-state index contributed by atoms with van der Waals surface area (Å²) in [6, 6.07) is 4.06. The second kappa shape index (κ2) is 7.53. The maximum atomic E-state index is 10.8. The van der Waals surface area contributed by atoms with Gasteiger partial charge < -0.3 is 14.9 Å². The van der Waals surface area contributed by atoms with Crippen molar-refractivity contribution in [1.29, 1.82) is 0 Å². The highest BCUT2D eigenvalue weighted by Gasteiger charge is 2.12. The van der Waals surface area contributed by atoms with Gasteiger partial charge in [-0.05, 0) is 50.1 Å². The molecule has 1 aromatic rings. The standard InChI is InChI=1S/C17H22O4/c1-5-6-14(9-12(4)11(2)3)21-16-8-7-13(17(19)20)10-15(16)18/h5-11,14,18H,1-4H3,(H,19,20). The SMILES string of the molecule is CC=CC(C=C(C)C(C)C)Oc1ccc(C(=O)O)cc1O. The van der Waals surface area contributed by atoms with Crippen LogP contribution in [0.3, 0.4) is 0 Å². The van der Waals surface area contributed by atoms with Crippen molar-refractivity contribution >= 4 is 5.97 Å². The molecule has 0 radical (unpaired) electrons. The number of rotatable bonds is 6. The molecule has 1 rings (SSSR count). The lowest BCUT2D eigenvalue weighted by atomic mass is 10.0. The number of carbonyl (C=O) groups is 1. The van der Waals surface area contributed by atoms with E-state index in [1.165, 1.54) is 23.8 Å². The lowest BCUT2D eigenvalue weighted by Crippen LogP contribution is -2.12. The molecule has 0 aromatic heterocycles. The molecule has 0 spiro atoms. The average Bonchev–Trinajstić information content (AvgIpc) is 2.40. The first kappa shape index (κ1) is 16.8. The van der Waals surface area contributed by atoms with Crippen molar-refractivity contribution in [3.05, 3.63) is 47.6 Å². The van der Waals surface area contributed by atoms with Crippen molar-refractivity contribution < 1.29 is 19.7 Å². The topological polar surface area (TPSA) is 66.8 Å². The fourth-order valence-corrected chi connectivity index (χ4v) is 1.67. The van der Waals surface area contributed by atoms with E-state index >= 15 is 0 Å². The Balaban J connectivity index is 3.00. The molecule has 0 saturated carbocycles. The first-order valence-corrected chi connectivity index (χ1v) is 6.89. The third-order valence-corrected chi connectivity index (χ3v) is 3.19. The van der Waals surface area contributed by atoms with Crippen molar-refractivity contribution in [3.8, 4) is 11.5 Å². The third-order valence-electron chi connectivity index (χ3n) is 3.19. The molecule has 21 heavy (non-hydrogen) atoms. The number of aromatic carboxylic acids is 1.